The van der Waals surface area contributed by atoms with Crippen molar-refractivity contribution in [3.63, 3.8) is 0 Å². The molecule has 1 aromatic heterocycles. The van der Waals surface area contributed by atoms with Crippen LogP contribution in [0.3, 0.4) is 0 Å². The number of hydrogen-bond acceptors (Lipinski definition) is 3. The van der Waals surface area contributed by atoms with Crippen molar-refractivity contribution in [2.24, 2.45) is 0 Å². The molecule has 0 spiro atoms. The minimum atomic E-state index is -0.438. The van der Waals surface area contributed by atoms with E-state index < -0.39 is 5.82 Å². The molecule has 2 rings (SSSR count). The first-order valence-electron chi connectivity index (χ1n) is 8.21. The third kappa shape index (κ3) is 4.29. The molecule has 1 N–H and O–H groups in total. The SMILES string of the molecule is CCn1nc(C)c(CNC(=O)N(C)Cc2ccc(OC)c(F)c2)c1C. The molecule has 2 aromatic rings. The van der Waals surface area contributed by atoms with Crippen LogP contribution in [-0.2, 0) is 19.6 Å². The van der Waals surface area contributed by atoms with Gasteiger partial charge in [0.05, 0.1) is 12.8 Å². The standard InChI is InChI=1S/C18H25FN4O2/c1-6-23-13(3)15(12(2)21-23)10-20-18(24)22(4)11-14-7-8-17(25-5)16(19)9-14/h7-9H,6,10-11H2,1-5H3,(H,20,24). The Morgan fingerprint density at radius 2 is 2.12 bits per heavy atom. The zero-order chi connectivity index (χ0) is 18.6. The van der Waals surface area contributed by atoms with Gasteiger partial charge in [0.15, 0.2) is 11.6 Å². The number of carbonyl (C=O) groups excluding carboxylic acids is 1. The fourth-order valence-electron chi connectivity index (χ4n) is 2.75. The Hall–Kier alpha value is -2.57. The lowest BCUT2D eigenvalue weighted by Gasteiger charge is -2.18. The predicted molar refractivity (Wildman–Crippen MR) is 94.0 cm³/mol. The van der Waals surface area contributed by atoms with Crippen LogP contribution in [0, 0.1) is 19.7 Å². The molecule has 0 aliphatic heterocycles. The highest BCUT2D eigenvalue weighted by Crippen LogP contribution is 2.18. The molecule has 0 atom stereocenters. The zero-order valence-electron chi connectivity index (χ0n) is 15.4. The maximum atomic E-state index is 13.7. The van der Waals surface area contributed by atoms with Crippen LogP contribution in [0.4, 0.5) is 9.18 Å². The molecule has 0 radical (unpaired) electrons. The second-order valence-electron chi connectivity index (χ2n) is 5.95. The Morgan fingerprint density at radius 3 is 2.68 bits per heavy atom. The minimum Gasteiger partial charge on any atom is -0.494 e. The summed E-state index contributed by atoms with van der Waals surface area (Å²) in [7, 11) is 3.09. The number of urea groups is 1. The molecule has 6 nitrogen and oxygen atoms in total. The first-order chi connectivity index (χ1) is 11.9. The van der Waals surface area contributed by atoms with E-state index in [0.29, 0.717) is 18.7 Å². The molecule has 0 fully saturated rings. The number of rotatable bonds is 6. The molecule has 1 heterocycles. The average molecular weight is 348 g/mol. The molecule has 0 unspecified atom stereocenters. The third-order valence-electron chi connectivity index (χ3n) is 4.23. The molecule has 0 aliphatic carbocycles. The van der Waals surface area contributed by atoms with Gasteiger partial charge >= 0.3 is 6.03 Å². The number of benzene rings is 1. The third-order valence-corrected chi connectivity index (χ3v) is 4.23. The summed E-state index contributed by atoms with van der Waals surface area (Å²) in [5, 5.41) is 7.33. The second-order valence-corrected chi connectivity index (χ2v) is 5.95. The molecule has 25 heavy (non-hydrogen) atoms. The van der Waals surface area contributed by atoms with Gasteiger partial charge in [0.1, 0.15) is 0 Å². The van der Waals surface area contributed by atoms with Crippen molar-refractivity contribution in [1.29, 1.82) is 0 Å². The van der Waals surface area contributed by atoms with E-state index in [4.69, 9.17) is 4.74 Å². The van der Waals surface area contributed by atoms with E-state index in [0.717, 1.165) is 23.5 Å². The van der Waals surface area contributed by atoms with Gasteiger partial charge in [-0.2, -0.15) is 5.10 Å². The van der Waals surface area contributed by atoms with Gasteiger partial charge in [0, 0.05) is 37.9 Å². The highest BCUT2D eigenvalue weighted by Gasteiger charge is 2.14. The number of hydrogen-bond donors (Lipinski definition) is 1. The first-order valence-corrected chi connectivity index (χ1v) is 8.21. The quantitative estimate of drug-likeness (QED) is 0.873. The van der Waals surface area contributed by atoms with Gasteiger partial charge in [-0.3, -0.25) is 4.68 Å². The van der Waals surface area contributed by atoms with Crippen molar-refractivity contribution in [2.45, 2.75) is 40.4 Å². The van der Waals surface area contributed by atoms with E-state index in [1.807, 2.05) is 25.5 Å². The van der Waals surface area contributed by atoms with E-state index in [1.165, 1.54) is 18.1 Å². The van der Waals surface area contributed by atoms with Crippen molar-refractivity contribution in [3.8, 4) is 5.75 Å². The number of aryl methyl sites for hydroxylation is 2. The number of methoxy groups -OCH3 is 1. The summed E-state index contributed by atoms with van der Waals surface area (Å²) >= 11 is 0. The molecule has 0 saturated heterocycles. The zero-order valence-corrected chi connectivity index (χ0v) is 15.4. The second kappa shape index (κ2) is 8.00. The molecule has 0 aliphatic rings. The summed E-state index contributed by atoms with van der Waals surface area (Å²) in [4.78, 5) is 13.8. The van der Waals surface area contributed by atoms with Crippen LogP contribution in [-0.4, -0.2) is 34.9 Å². The number of ether oxygens (including phenoxy) is 1. The number of nitrogens with one attached hydrogen (secondary N) is 1. The Labute approximate surface area is 147 Å². The molecule has 136 valence electrons. The van der Waals surface area contributed by atoms with E-state index in [-0.39, 0.29) is 11.8 Å². The van der Waals surface area contributed by atoms with Crippen molar-refractivity contribution in [3.05, 3.63) is 46.5 Å². The summed E-state index contributed by atoms with van der Waals surface area (Å²) in [6, 6.07) is 4.45. The molecule has 2 amide bonds. The molecule has 0 bridgehead atoms. The average Bonchev–Trinajstić information content (AvgIpc) is 2.86. The molecule has 1 aromatic carbocycles. The highest BCUT2D eigenvalue weighted by molar-refractivity contribution is 5.73. The summed E-state index contributed by atoms with van der Waals surface area (Å²) in [6.45, 7) is 7.48. The van der Waals surface area contributed by atoms with Crippen LogP contribution in [0.1, 0.15) is 29.4 Å². The Bertz CT molecular complexity index is 758. The van der Waals surface area contributed by atoms with Gasteiger partial charge < -0.3 is 15.0 Å². The van der Waals surface area contributed by atoms with Crippen LogP contribution in [0.2, 0.25) is 0 Å². The first kappa shape index (κ1) is 18.8. The smallest absolute Gasteiger partial charge is 0.317 e. The lowest BCUT2D eigenvalue weighted by Crippen LogP contribution is -2.36. The van der Waals surface area contributed by atoms with E-state index in [1.54, 1.807) is 19.2 Å². The van der Waals surface area contributed by atoms with Crippen LogP contribution in [0.15, 0.2) is 18.2 Å². The number of amides is 2. The molecule has 0 saturated carbocycles. The Morgan fingerprint density at radius 1 is 1.40 bits per heavy atom. The molecular formula is C18H25FN4O2. The van der Waals surface area contributed by atoms with Gasteiger partial charge in [-0.1, -0.05) is 6.07 Å². The van der Waals surface area contributed by atoms with Crippen molar-refractivity contribution < 1.29 is 13.9 Å². The van der Waals surface area contributed by atoms with Gasteiger partial charge in [-0.25, -0.2) is 9.18 Å². The summed E-state index contributed by atoms with van der Waals surface area (Å²) in [5.74, 6) is -0.248. The Balaban J connectivity index is 1.97. The van der Waals surface area contributed by atoms with Crippen LogP contribution >= 0.6 is 0 Å². The van der Waals surface area contributed by atoms with Crippen molar-refractivity contribution >= 4 is 6.03 Å². The molecule has 7 heteroatoms. The van der Waals surface area contributed by atoms with Gasteiger partial charge in [-0.15, -0.1) is 0 Å². The van der Waals surface area contributed by atoms with Crippen molar-refractivity contribution in [1.82, 2.24) is 20.0 Å². The largest absolute Gasteiger partial charge is 0.494 e. The summed E-state index contributed by atoms with van der Waals surface area (Å²) in [6.07, 6.45) is 0. The number of carbonyl (C=O) groups is 1. The predicted octanol–water partition coefficient (Wildman–Crippen LogP) is 3.01. The van der Waals surface area contributed by atoms with Crippen LogP contribution < -0.4 is 10.1 Å². The number of aromatic nitrogens is 2. The van der Waals surface area contributed by atoms with E-state index in [9.17, 15) is 9.18 Å². The van der Waals surface area contributed by atoms with E-state index >= 15 is 0 Å². The van der Waals surface area contributed by atoms with Gasteiger partial charge in [0.25, 0.3) is 0 Å². The number of halogens is 1. The monoisotopic (exact) mass is 348 g/mol. The van der Waals surface area contributed by atoms with Gasteiger partial charge in [0.2, 0.25) is 0 Å². The fourth-order valence-corrected chi connectivity index (χ4v) is 2.75. The highest BCUT2D eigenvalue weighted by atomic mass is 19.1. The van der Waals surface area contributed by atoms with Gasteiger partial charge in [-0.05, 0) is 38.5 Å². The fraction of sp³-hybridized carbons (Fsp3) is 0.444. The Kier molecular flexibility index (Phi) is 6.01. The maximum Gasteiger partial charge on any atom is 0.317 e. The topological polar surface area (TPSA) is 59.4 Å². The van der Waals surface area contributed by atoms with Crippen LogP contribution in [0.25, 0.3) is 0 Å². The lowest BCUT2D eigenvalue weighted by atomic mass is 10.2. The maximum absolute atomic E-state index is 13.7. The normalized spacial score (nSPS) is 10.6. The van der Waals surface area contributed by atoms with Crippen molar-refractivity contribution in [2.75, 3.05) is 14.2 Å². The summed E-state index contributed by atoms with van der Waals surface area (Å²) in [5.41, 5.74) is 3.70. The van der Waals surface area contributed by atoms with Crippen LogP contribution in [0.5, 0.6) is 5.75 Å². The van der Waals surface area contributed by atoms with E-state index in [2.05, 4.69) is 10.4 Å². The minimum absolute atomic E-state index is 0.190. The number of nitrogens with zero attached hydrogens (tertiary/aromatic N) is 3. The lowest BCUT2D eigenvalue weighted by molar-refractivity contribution is 0.206. The summed E-state index contributed by atoms with van der Waals surface area (Å²) < 4.78 is 20.6. The molecular weight excluding hydrogens is 323 g/mol.